The molecule has 0 fully saturated rings. The van der Waals surface area contributed by atoms with Gasteiger partial charge < -0.3 is 15.2 Å². The molecular weight excluding hydrogens is 218 g/mol. The Hall–Kier alpha value is -1.55. The van der Waals surface area contributed by atoms with E-state index < -0.39 is 0 Å². The average Bonchev–Trinajstić information content (AvgIpc) is 2.35. The Labute approximate surface area is 101 Å². The van der Waals surface area contributed by atoms with Crippen LogP contribution in [0, 0.1) is 5.92 Å². The van der Waals surface area contributed by atoms with E-state index in [1.807, 2.05) is 18.2 Å². The van der Waals surface area contributed by atoms with Crippen LogP contribution in [0.1, 0.15) is 18.9 Å². The summed E-state index contributed by atoms with van der Waals surface area (Å²) in [7, 11) is 0. The van der Waals surface area contributed by atoms with Crippen molar-refractivity contribution in [2.75, 3.05) is 18.5 Å². The topological polar surface area (TPSA) is 58.6 Å². The molecule has 17 heavy (non-hydrogen) atoms. The van der Waals surface area contributed by atoms with Crippen molar-refractivity contribution in [3.8, 4) is 5.75 Å². The number of anilines is 1. The van der Waals surface area contributed by atoms with Crippen molar-refractivity contribution < 1.29 is 14.6 Å². The van der Waals surface area contributed by atoms with Gasteiger partial charge >= 0.3 is 0 Å². The highest BCUT2D eigenvalue weighted by atomic mass is 16.5. The fourth-order valence-corrected chi connectivity index (χ4v) is 1.93. The van der Waals surface area contributed by atoms with Crippen LogP contribution < -0.4 is 10.1 Å². The first-order valence-corrected chi connectivity index (χ1v) is 5.89. The first kappa shape index (κ1) is 11.9. The lowest BCUT2D eigenvalue weighted by Gasteiger charge is -2.19. The van der Waals surface area contributed by atoms with Gasteiger partial charge in [0.25, 0.3) is 5.91 Å². The number of carbonyl (C=O) groups is 1. The van der Waals surface area contributed by atoms with Gasteiger partial charge in [-0.25, -0.2) is 0 Å². The largest absolute Gasteiger partial charge is 0.482 e. The molecule has 1 unspecified atom stereocenters. The number of nitrogens with one attached hydrogen (secondary N) is 1. The molecule has 0 saturated carbocycles. The van der Waals surface area contributed by atoms with E-state index in [9.17, 15) is 9.90 Å². The summed E-state index contributed by atoms with van der Waals surface area (Å²) in [5.74, 6) is 0.863. The molecule has 4 nitrogen and oxygen atoms in total. The number of hydrogen-bond acceptors (Lipinski definition) is 3. The Bertz CT molecular complexity index is 413. The highest BCUT2D eigenvalue weighted by molar-refractivity contribution is 5.95. The molecule has 0 aliphatic carbocycles. The molecule has 2 rings (SSSR count). The number of aliphatic hydroxyl groups excluding tert-OH is 1. The van der Waals surface area contributed by atoms with Gasteiger partial charge in [0.1, 0.15) is 5.75 Å². The number of ether oxygens (including phenoxy) is 1. The normalized spacial score (nSPS) is 15.8. The molecule has 1 aliphatic heterocycles. The summed E-state index contributed by atoms with van der Waals surface area (Å²) in [6.07, 6.45) is 1.76. The molecule has 1 amide bonds. The Morgan fingerprint density at radius 3 is 3.06 bits per heavy atom. The molecule has 0 saturated heterocycles. The molecule has 1 aliphatic rings. The zero-order chi connectivity index (χ0) is 12.3. The van der Waals surface area contributed by atoms with Crippen molar-refractivity contribution >= 4 is 11.6 Å². The maximum absolute atomic E-state index is 11.2. The molecule has 1 heterocycles. The molecule has 1 atom stereocenters. The third-order valence-electron chi connectivity index (χ3n) is 3.04. The third-order valence-corrected chi connectivity index (χ3v) is 3.04. The van der Waals surface area contributed by atoms with Crippen LogP contribution in [0.5, 0.6) is 5.75 Å². The van der Waals surface area contributed by atoms with E-state index in [4.69, 9.17) is 4.74 Å². The smallest absolute Gasteiger partial charge is 0.262 e. The average molecular weight is 235 g/mol. The van der Waals surface area contributed by atoms with Crippen LogP contribution in [0.15, 0.2) is 18.2 Å². The maximum Gasteiger partial charge on any atom is 0.262 e. The zero-order valence-electron chi connectivity index (χ0n) is 9.90. The van der Waals surface area contributed by atoms with E-state index in [0.717, 1.165) is 24.1 Å². The third kappa shape index (κ3) is 2.77. The zero-order valence-corrected chi connectivity index (χ0v) is 9.90. The van der Waals surface area contributed by atoms with Crippen LogP contribution in [0.25, 0.3) is 0 Å². The van der Waals surface area contributed by atoms with Crippen LogP contribution in [0.3, 0.4) is 0 Å². The van der Waals surface area contributed by atoms with Crippen molar-refractivity contribution in [3.05, 3.63) is 23.8 Å². The molecule has 0 aromatic heterocycles. The molecule has 2 N–H and O–H groups in total. The van der Waals surface area contributed by atoms with Gasteiger partial charge in [-0.2, -0.15) is 0 Å². The number of carbonyl (C=O) groups excluding carboxylic acids is 1. The highest BCUT2D eigenvalue weighted by Gasteiger charge is 2.16. The van der Waals surface area contributed by atoms with Crippen LogP contribution in [-0.2, 0) is 11.2 Å². The Balaban J connectivity index is 2.15. The van der Waals surface area contributed by atoms with E-state index in [-0.39, 0.29) is 25.0 Å². The molecule has 92 valence electrons. The highest BCUT2D eigenvalue weighted by Crippen LogP contribution is 2.29. The first-order chi connectivity index (χ1) is 8.22. The van der Waals surface area contributed by atoms with E-state index in [1.54, 1.807) is 0 Å². The van der Waals surface area contributed by atoms with Crippen LogP contribution >= 0.6 is 0 Å². The lowest BCUT2D eigenvalue weighted by atomic mass is 9.97. The SMILES string of the molecule is CCC(CO)Cc1ccc2c(c1)NC(=O)CO2. The molecule has 0 spiro atoms. The van der Waals surface area contributed by atoms with Crippen LogP contribution in [0.4, 0.5) is 5.69 Å². The van der Waals surface area contributed by atoms with Gasteiger partial charge in [0.15, 0.2) is 6.61 Å². The van der Waals surface area contributed by atoms with Crippen molar-refractivity contribution in [1.82, 2.24) is 0 Å². The standard InChI is InChI=1S/C13H17NO3/c1-2-9(7-15)5-10-3-4-12-11(6-10)14-13(16)8-17-12/h3-4,6,9,15H,2,5,7-8H2,1H3,(H,14,16). The Morgan fingerprint density at radius 2 is 2.35 bits per heavy atom. The summed E-state index contributed by atoms with van der Waals surface area (Å²) < 4.78 is 5.29. The molecule has 4 heteroatoms. The van der Waals surface area contributed by atoms with Gasteiger partial charge in [0.05, 0.1) is 5.69 Å². The van der Waals surface area contributed by atoms with Gasteiger partial charge in [-0.1, -0.05) is 19.4 Å². The molecule has 1 aromatic carbocycles. The monoisotopic (exact) mass is 235 g/mol. The summed E-state index contributed by atoms with van der Waals surface area (Å²) in [6, 6.07) is 5.77. The van der Waals surface area contributed by atoms with Crippen molar-refractivity contribution in [2.45, 2.75) is 19.8 Å². The predicted octanol–water partition coefficient (Wildman–Crippen LogP) is 1.58. The fraction of sp³-hybridized carbons (Fsp3) is 0.462. The Kier molecular flexibility index (Phi) is 3.64. The minimum atomic E-state index is -0.121. The predicted molar refractivity (Wildman–Crippen MR) is 65.1 cm³/mol. The van der Waals surface area contributed by atoms with Crippen LogP contribution in [0.2, 0.25) is 0 Å². The van der Waals surface area contributed by atoms with Gasteiger partial charge in [-0.3, -0.25) is 4.79 Å². The maximum atomic E-state index is 11.2. The number of hydrogen-bond donors (Lipinski definition) is 2. The minimum absolute atomic E-state index is 0.0839. The van der Waals surface area contributed by atoms with Crippen molar-refractivity contribution in [3.63, 3.8) is 0 Å². The van der Waals surface area contributed by atoms with Gasteiger partial charge in [0, 0.05) is 6.61 Å². The summed E-state index contributed by atoms with van der Waals surface area (Å²) >= 11 is 0. The number of amides is 1. The fourth-order valence-electron chi connectivity index (χ4n) is 1.93. The second kappa shape index (κ2) is 5.19. The molecular formula is C13H17NO3. The van der Waals surface area contributed by atoms with E-state index >= 15 is 0 Å². The first-order valence-electron chi connectivity index (χ1n) is 5.89. The molecule has 1 aromatic rings. The lowest BCUT2D eigenvalue weighted by Crippen LogP contribution is -2.25. The van der Waals surface area contributed by atoms with Crippen molar-refractivity contribution in [1.29, 1.82) is 0 Å². The second-order valence-electron chi connectivity index (χ2n) is 4.33. The number of fused-ring (bicyclic) bond motifs is 1. The number of rotatable bonds is 4. The summed E-state index contributed by atoms with van der Waals surface area (Å²) in [6.45, 7) is 2.33. The lowest BCUT2D eigenvalue weighted by molar-refractivity contribution is -0.118. The number of benzene rings is 1. The van der Waals surface area contributed by atoms with Crippen molar-refractivity contribution in [2.24, 2.45) is 5.92 Å². The number of aliphatic hydroxyl groups is 1. The summed E-state index contributed by atoms with van der Waals surface area (Å²) in [5.41, 5.74) is 1.84. The van der Waals surface area contributed by atoms with Gasteiger partial charge in [-0.15, -0.1) is 0 Å². The van der Waals surface area contributed by atoms with E-state index in [0.29, 0.717) is 5.75 Å². The van der Waals surface area contributed by atoms with Crippen LogP contribution in [-0.4, -0.2) is 24.2 Å². The summed E-state index contributed by atoms with van der Waals surface area (Å²) in [4.78, 5) is 11.2. The molecule has 0 bridgehead atoms. The molecule has 0 radical (unpaired) electrons. The quantitative estimate of drug-likeness (QED) is 0.833. The Morgan fingerprint density at radius 1 is 1.53 bits per heavy atom. The van der Waals surface area contributed by atoms with E-state index in [1.165, 1.54) is 0 Å². The van der Waals surface area contributed by atoms with E-state index in [2.05, 4.69) is 12.2 Å². The second-order valence-corrected chi connectivity index (χ2v) is 4.33. The minimum Gasteiger partial charge on any atom is -0.482 e. The van der Waals surface area contributed by atoms with Gasteiger partial charge in [0.2, 0.25) is 0 Å². The van der Waals surface area contributed by atoms with Gasteiger partial charge in [-0.05, 0) is 30.0 Å². The summed E-state index contributed by atoms with van der Waals surface area (Å²) in [5, 5.41) is 12.0.